The number of nitrogens with zero attached hydrogens (tertiary/aromatic N) is 2. The summed E-state index contributed by atoms with van der Waals surface area (Å²) in [6, 6.07) is 10.6. The van der Waals surface area contributed by atoms with Crippen molar-refractivity contribution in [1.82, 2.24) is 10.2 Å². The molecule has 21 heavy (non-hydrogen) atoms. The van der Waals surface area contributed by atoms with Crippen LogP contribution in [0.1, 0.15) is 30.4 Å². The van der Waals surface area contributed by atoms with Gasteiger partial charge < -0.3 is 5.32 Å². The predicted octanol–water partition coefficient (Wildman–Crippen LogP) is 1.90. The highest BCUT2D eigenvalue weighted by molar-refractivity contribution is 5.77. The molecule has 0 spiro atoms. The van der Waals surface area contributed by atoms with E-state index in [1.54, 1.807) is 0 Å². The number of piperidine rings is 1. The van der Waals surface area contributed by atoms with Crippen molar-refractivity contribution in [3.05, 3.63) is 35.4 Å². The lowest BCUT2D eigenvalue weighted by Crippen LogP contribution is -2.38. The van der Waals surface area contributed by atoms with Crippen molar-refractivity contribution in [3.8, 4) is 6.07 Å². The summed E-state index contributed by atoms with van der Waals surface area (Å²) in [4.78, 5) is 13.8. The van der Waals surface area contributed by atoms with Gasteiger partial charge in [-0.15, -0.1) is 0 Å². The minimum atomic E-state index is 0.203. The van der Waals surface area contributed by atoms with E-state index < -0.39 is 0 Å². The lowest BCUT2D eigenvalue weighted by molar-refractivity contribution is -0.124. The fourth-order valence-corrected chi connectivity index (χ4v) is 3.76. The minimum Gasteiger partial charge on any atom is -0.356 e. The van der Waals surface area contributed by atoms with E-state index in [-0.39, 0.29) is 5.91 Å². The Hall–Kier alpha value is -1.86. The fourth-order valence-electron chi connectivity index (χ4n) is 3.76. The maximum atomic E-state index is 11.5. The molecule has 2 aliphatic rings. The molecule has 1 aromatic rings. The molecule has 1 saturated heterocycles. The van der Waals surface area contributed by atoms with Gasteiger partial charge in [0.15, 0.2) is 0 Å². The molecule has 110 valence electrons. The van der Waals surface area contributed by atoms with Crippen LogP contribution in [-0.2, 0) is 11.3 Å². The summed E-state index contributed by atoms with van der Waals surface area (Å²) >= 11 is 0. The minimum absolute atomic E-state index is 0.203. The molecule has 3 rings (SSSR count). The van der Waals surface area contributed by atoms with Crippen molar-refractivity contribution in [2.24, 2.45) is 11.8 Å². The Kier molecular flexibility index (Phi) is 3.94. The summed E-state index contributed by atoms with van der Waals surface area (Å²) in [6.07, 6.45) is 2.93. The lowest BCUT2D eigenvalue weighted by atomic mass is 9.89. The molecule has 1 aliphatic heterocycles. The van der Waals surface area contributed by atoms with Gasteiger partial charge in [0.2, 0.25) is 5.91 Å². The lowest BCUT2D eigenvalue weighted by Gasteiger charge is -2.25. The van der Waals surface area contributed by atoms with Crippen molar-refractivity contribution in [2.75, 3.05) is 13.6 Å². The molecule has 0 aromatic heterocycles. The van der Waals surface area contributed by atoms with Crippen molar-refractivity contribution >= 4 is 5.91 Å². The van der Waals surface area contributed by atoms with Crippen molar-refractivity contribution in [3.63, 3.8) is 0 Å². The zero-order valence-corrected chi connectivity index (χ0v) is 12.4. The molecular formula is C17H21N3O. The average Bonchev–Trinajstić information content (AvgIpc) is 2.91. The molecule has 0 bridgehead atoms. The summed E-state index contributed by atoms with van der Waals surface area (Å²) in [5.41, 5.74) is 1.85. The molecule has 1 N–H and O–H groups in total. The van der Waals surface area contributed by atoms with Crippen LogP contribution in [0.25, 0.3) is 0 Å². The van der Waals surface area contributed by atoms with Gasteiger partial charge in [0, 0.05) is 25.6 Å². The van der Waals surface area contributed by atoms with Crippen LogP contribution >= 0.6 is 0 Å². The summed E-state index contributed by atoms with van der Waals surface area (Å²) in [7, 11) is 2.13. The molecule has 2 fully saturated rings. The Morgan fingerprint density at radius 3 is 2.90 bits per heavy atom. The smallest absolute Gasteiger partial charge is 0.220 e. The van der Waals surface area contributed by atoms with E-state index in [4.69, 9.17) is 0 Å². The first-order valence-corrected chi connectivity index (χ1v) is 7.62. The molecular weight excluding hydrogens is 262 g/mol. The van der Waals surface area contributed by atoms with Gasteiger partial charge in [0.1, 0.15) is 0 Å². The van der Waals surface area contributed by atoms with Crippen LogP contribution in [0.2, 0.25) is 0 Å². The van der Waals surface area contributed by atoms with Gasteiger partial charge in [-0.05, 0) is 43.4 Å². The van der Waals surface area contributed by atoms with Gasteiger partial charge in [-0.3, -0.25) is 9.69 Å². The first-order chi connectivity index (χ1) is 10.2. The topological polar surface area (TPSA) is 56.1 Å². The second-order valence-electron chi connectivity index (χ2n) is 6.34. The standard InChI is InChI=1S/C17H21N3O/c1-20(11-13-5-3-2-4-12(13)9-18)16-6-14-8-17(21)19-10-15(14)7-16/h2-5,14-16H,6-8,10-11H2,1H3,(H,19,21)/t14-,15+,16-/m1/s1. The largest absolute Gasteiger partial charge is 0.356 e. The Morgan fingerprint density at radius 1 is 1.33 bits per heavy atom. The van der Waals surface area contributed by atoms with E-state index in [0.717, 1.165) is 37.1 Å². The van der Waals surface area contributed by atoms with Crippen LogP contribution in [-0.4, -0.2) is 30.4 Å². The third kappa shape index (κ3) is 2.93. The van der Waals surface area contributed by atoms with Crippen LogP contribution in [0.15, 0.2) is 24.3 Å². The maximum absolute atomic E-state index is 11.5. The van der Waals surface area contributed by atoms with Gasteiger partial charge in [0.05, 0.1) is 11.6 Å². The number of carbonyl (C=O) groups excluding carboxylic acids is 1. The molecule has 1 aliphatic carbocycles. The van der Waals surface area contributed by atoms with Crippen LogP contribution < -0.4 is 5.32 Å². The number of carbonyl (C=O) groups is 1. The number of hydrogen-bond acceptors (Lipinski definition) is 3. The molecule has 1 amide bonds. The summed E-state index contributed by atoms with van der Waals surface area (Å²) in [6.45, 7) is 1.64. The number of hydrogen-bond donors (Lipinski definition) is 1. The van der Waals surface area contributed by atoms with E-state index >= 15 is 0 Å². The molecule has 3 atom stereocenters. The van der Waals surface area contributed by atoms with Crippen LogP contribution in [0, 0.1) is 23.2 Å². The number of nitriles is 1. The Labute approximate surface area is 125 Å². The van der Waals surface area contributed by atoms with Gasteiger partial charge >= 0.3 is 0 Å². The first-order valence-electron chi connectivity index (χ1n) is 7.62. The summed E-state index contributed by atoms with van der Waals surface area (Å²) in [5, 5.41) is 12.2. The number of nitrogens with one attached hydrogen (secondary N) is 1. The number of fused-ring (bicyclic) bond motifs is 1. The number of rotatable bonds is 3. The van der Waals surface area contributed by atoms with Crippen molar-refractivity contribution in [1.29, 1.82) is 5.26 Å². The molecule has 0 unspecified atom stereocenters. The number of benzene rings is 1. The van der Waals surface area contributed by atoms with Crippen LogP contribution in [0.4, 0.5) is 0 Å². The van der Waals surface area contributed by atoms with Crippen molar-refractivity contribution < 1.29 is 4.79 Å². The second-order valence-corrected chi connectivity index (χ2v) is 6.34. The summed E-state index contributed by atoms with van der Waals surface area (Å²) in [5.74, 6) is 1.37. The highest BCUT2D eigenvalue weighted by Gasteiger charge is 2.39. The molecule has 0 radical (unpaired) electrons. The van der Waals surface area contributed by atoms with Crippen molar-refractivity contribution in [2.45, 2.75) is 31.8 Å². The quantitative estimate of drug-likeness (QED) is 0.922. The van der Waals surface area contributed by atoms with Crippen LogP contribution in [0.5, 0.6) is 0 Å². The third-order valence-electron chi connectivity index (χ3n) is 5.01. The normalized spacial score (nSPS) is 28.0. The first kappa shape index (κ1) is 14.1. The van der Waals surface area contributed by atoms with E-state index in [1.165, 1.54) is 0 Å². The van der Waals surface area contributed by atoms with Crippen LogP contribution in [0.3, 0.4) is 0 Å². The van der Waals surface area contributed by atoms with E-state index in [0.29, 0.717) is 24.3 Å². The van der Waals surface area contributed by atoms with Gasteiger partial charge in [-0.1, -0.05) is 18.2 Å². The zero-order valence-electron chi connectivity index (χ0n) is 12.4. The third-order valence-corrected chi connectivity index (χ3v) is 5.01. The van der Waals surface area contributed by atoms with Gasteiger partial charge in [-0.25, -0.2) is 0 Å². The molecule has 4 heteroatoms. The predicted molar refractivity (Wildman–Crippen MR) is 80.3 cm³/mol. The van der Waals surface area contributed by atoms with Gasteiger partial charge in [-0.2, -0.15) is 5.26 Å². The fraction of sp³-hybridized carbons (Fsp3) is 0.529. The maximum Gasteiger partial charge on any atom is 0.220 e. The number of amides is 1. The molecule has 1 saturated carbocycles. The Balaban J connectivity index is 1.65. The van der Waals surface area contributed by atoms with E-state index in [9.17, 15) is 10.1 Å². The molecule has 1 aromatic carbocycles. The highest BCUT2D eigenvalue weighted by atomic mass is 16.1. The average molecular weight is 283 g/mol. The summed E-state index contributed by atoms with van der Waals surface area (Å²) < 4.78 is 0. The Morgan fingerprint density at radius 2 is 2.10 bits per heavy atom. The Bertz CT molecular complexity index is 578. The monoisotopic (exact) mass is 283 g/mol. The highest BCUT2D eigenvalue weighted by Crippen LogP contribution is 2.38. The SMILES string of the molecule is CN(Cc1ccccc1C#N)[C@H]1C[C@H]2CNC(=O)C[C@H]2C1. The van der Waals surface area contributed by atoms with E-state index in [2.05, 4.69) is 23.3 Å². The zero-order chi connectivity index (χ0) is 14.8. The second kappa shape index (κ2) is 5.87. The van der Waals surface area contributed by atoms with Gasteiger partial charge in [0.25, 0.3) is 0 Å². The molecule has 4 nitrogen and oxygen atoms in total. The van der Waals surface area contributed by atoms with E-state index in [1.807, 2.05) is 24.3 Å². The molecule has 1 heterocycles.